The van der Waals surface area contributed by atoms with E-state index in [0.717, 1.165) is 22.5 Å². The smallest absolute Gasteiger partial charge is 0.227 e. The van der Waals surface area contributed by atoms with Gasteiger partial charge in [-0.15, -0.1) is 0 Å². The highest BCUT2D eigenvalue weighted by Gasteiger charge is 2.34. The van der Waals surface area contributed by atoms with Crippen molar-refractivity contribution in [2.24, 2.45) is 5.92 Å². The van der Waals surface area contributed by atoms with E-state index in [1.807, 2.05) is 31.2 Å². The van der Waals surface area contributed by atoms with E-state index < -0.39 is 0 Å². The van der Waals surface area contributed by atoms with Gasteiger partial charge < -0.3 is 14.8 Å². The van der Waals surface area contributed by atoms with Crippen LogP contribution in [0.2, 0.25) is 5.02 Å². The Bertz CT molecular complexity index is 1030. The Kier molecular flexibility index (Phi) is 5.05. The number of rotatable bonds is 5. The molecule has 6 nitrogen and oxygen atoms in total. The monoisotopic (exact) mass is 396 g/mol. The molecule has 144 valence electrons. The third-order valence-electron chi connectivity index (χ3n) is 5.11. The minimum atomic E-state index is -0.344. The maximum atomic E-state index is 12.6. The van der Waals surface area contributed by atoms with E-state index in [2.05, 4.69) is 14.9 Å². The summed E-state index contributed by atoms with van der Waals surface area (Å²) >= 11 is 5.91. The molecule has 4 rings (SSSR count). The lowest BCUT2D eigenvalue weighted by atomic mass is 10.1. The van der Waals surface area contributed by atoms with Crippen molar-refractivity contribution in [3.63, 3.8) is 0 Å². The molecule has 7 heteroatoms. The van der Waals surface area contributed by atoms with Crippen LogP contribution >= 0.6 is 11.6 Å². The summed E-state index contributed by atoms with van der Waals surface area (Å²) in [4.78, 5) is 31.1. The standard InChI is InChI=1S/C21H21ClN4O2/c1-14-24-18-4-2-3-5-19(18)25(14)11-10-23-21(28)15-12-20(27)26(13-15)17-8-6-16(22)7-9-17/h2-9,15H,10-13H2,1H3,(H,23,28). The molecule has 0 radical (unpaired) electrons. The lowest BCUT2D eigenvalue weighted by Gasteiger charge is -2.17. The molecule has 1 N–H and O–H groups in total. The van der Waals surface area contributed by atoms with Crippen molar-refractivity contribution in [2.45, 2.75) is 19.9 Å². The quantitative estimate of drug-likeness (QED) is 0.720. The highest BCUT2D eigenvalue weighted by atomic mass is 35.5. The Morgan fingerprint density at radius 3 is 2.75 bits per heavy atom. The Labute approximate surface area is 168 Å². The Balaban J connectivity index is 1.36. The highest BCUT2D eigenvalue weighted by Crippen LogP contribution is 2.26. The van der Waals surface area contributed by atoms with Gasteiger partial charge in [0.15, 0.2) is 0 Å². The molecule has 0 saturated carbocycles. The Morgan fingerprint density at radius 1 is 1.21 bits per heavy atom. The average Bonchev–Trinajstić information content (AvgIpc) is 3.22. The molecule has 1 unspecified atom stereocenters. The summed E-state index contributed by atoms with van der Waals surface area (Å²) in [6, 6.07) is 15.0. The normalized spacial score (nSPS) is 16.7. The molecule has 3 aromatic rings. The van der Waals surface area contributed by atoms with Gasteiger partial charge in [0.1, 0.15) is 5.82 Å². The molecule has 0 bridgehead atoms. The first-order chi connectivity index (χ1) is 13.5. The van der Waals surface area contributed by atoms with Crippen molar-refractivity contribution >= 4 is 40.1 Å². The second-order valence-electron chi connectivity index (χ2n) is 6.97. The van der Waals surface area contributed by atoms with Gasteiger partial charge in [-0.1, -0.05) is 23.7 Å². The average molecular weight is 397 g/mol. The number of hydrogen-bond acceptors (Lipinski definition) is 3. The molecule has 1 saturated heterocycles. The van der Waals surface area contributed by atoms with E-state index in [0.29, 0.717) is 24.7 Å². The maximum Gasteiger partial charge on any atom is 0.227 e. The lowest BCUT2D eigenvalue weighted by Crippen LogP contribution is -2.34. The zero-order valence-corrected chi connectivity index (χ0v) is 16.3. The number of carbonyl (C=O) groups is 2. The predicted molar refractivity (Wildman–Crippen MR) is 109 cm³/mol. The number of hydrogen-bond donors (Lipinski definition) is 1. The van der Waals surface area contributed by atoms with Crippen LogP contribution in [-0.4, -0.2) is 34.5 Å². The van der Waals surface area contributed by atoms with Gasteiger partial charge in [0.2, 0.25) is 11.8 Å². The molecular weight excluding hydrogens is 376 g/mol. The second kappa shape index (κ2) is 7.64. The lowest BCUT2D eigenvalue weighted by molar-refractivity contribution is -0.126. The van der Waals surface area contributed by atoms with Gasteiger partial charge in [-0.2, -0.15) is 0 Å². The zero-order chi connectivity index (χ0) is 19.7. The number of nitrogens with one attached hydrogen (secondary N) is 1. The summed E-state index contributed by atoms with van der Waals surface area (Å²) in [5, 5.41) is 3.59. The van der Waals surface area contributed by atoms with E-state index >= 15 is 0 Å². The van der Waals surface area contributed by atoms with Crippen LogP contribution in [0.4, 0.5) is 5.69 Å². The molecule has 28 heavy (non-hydrogen) atoms. The molecule has 1 atom stereocenters. The number of aromatic nitrogens is 2. The first-order valence-electron chi connectivity index (χ1n) is 9.28. The number of anilines is 1. The third-order valence-corrected chi connectivity index (χ3v) is 5.37. The van der Waals surface area contributed by atoms with Gasteiger partial charge in [0.25, 0.3) is 0 Å². The van der Waals surface area contributed by atoms with Gasteiger partial charge in [-0.3, -0.25) is 9.59 Å². The van der Waals surface area contributed by atoms with Crippen LogP contribution in [0, 0.1) is 12.8 Å². The van der Waals surface area contributed by atoms with Crippen LogP contribution in [0.5, 0.6) is 0 Å². The molecule has 0 aliphatic carbocycles. The highest BCUT2D eigenvalue weighted by molar-refractivity contribution is 6.30. The topological polar surface area (TPSA) is 67.2 Å². The molecule has 2 aromatic carbocycles. The molecule has 1 aliphatic heterocycles. The Morgan fingerprint density at radius 2 is 1.96 bits per heavy atom. The second-order valence-corrected chi connectivity index (χ2v) is 7.41. The van der Waals surface area contributed by atoms with E-state index in [1.165, 1.54) is 0 Å². The number of aryl methyl sites for hydroxylation is 1. The van der Waals surface area contributed by atoms with Gasteiger partial charge in [0, 0.05) is 36.8 Å². The molecule has 1 fully saturated rings. The van der Waals surface area contributed by atoms with Crippen molar-refractivity contribution in [1.29, 1.82) is 0 Å². The summed E-state index contributed by atoms with van der Waals surface area (Å²) in [5.74, 6) is 0.440. The van der Waals surface area contributed by atoms with E-state index in [-0.39, 0.29) is 24.2 Å². The van der Waals surface area contributed by atoms with Crippen LogP contribution in [0.3, 0.4) is 0 Å². The fourth-order valence-electron chi connectivity index (χ4n) is 3.67. The molecule has 1 aliphatic rings. The minimum absolute atomic E-state index is 0.0427. The molecule has 2 amide bonds. The number of benzene rings is 2. The molecular formula is C21H21ClN4O2. The number of nitrogens with zero attached hydrogens (tertiary/aromatic N) is 3. The van der Waals surface area contributed by atoms with Gasteiger partial charge >= 0.3 is 0 Å². The molecule has 0 spiro atoms. The van der Waals surface area contributed by atoms with Crippen LogP contribution in [0.25, 0.3) is 11.0 Å². The van der Waals surface area contributed by atoms with Crippen LogP contribution in [-0.2, 0) is 16.1 Å². The van der Waals surface area contributed by atoms with Crippen molar-refractivity contribution in [1.82, 2.24) is 14.9 Å². The number of carbonyl (C=O) groups excluding carboxylic acids is 2. The summed E-state index contributed by atoms with van der Waals surface area (Å²) in [5.41, 5.74) is 2.77. The Hall–Kier alpha value is -2.86. The van der Waals surface area contributed by atoms with E-state index in [4.69, 9.17) is 11.6 Å². The first kappa shape index (κ1) is 18.5. The maximum absolute atomic E-state index is 12.6. The summed E-state index contributed by atoms with van der Waals surface area (Å²) < 4.78 is 2.09. The summed E-state index contributed by atoms with van der Waals surface area (Å²) in [6.45, 7) is 3.48. The summed E-state index contributed by atoms with van der Waals surface area (Å²) in [6.07, 6.45) is 0.224. The molecule has 2 heterocycles. The SMILES string of the molecule is Cc1nc2ccccc2n1CCNC(=O)C1CC(=O)N(c2ccc(Cl)cc2)C1. The van der Waals surface area contributed by atoms with Gasteiger partial charge in [-0.05, 0) is 43.3 Å². The van der Waals surface area contributed by atoms with Crippen molar-refractivity contribution in [3.05, 3.63) is 59.4 Å². The van der Waals surface area contributed by atoms with Crippen LogP contribution in [0.15, 0.2) is 48.5 Å². The van der Waals surface area contributed by atoms with Crippen molar-refractivity contribution in [3.8, 4) is 0 Å². The summed E-state index contributed by atoms with van der Waals surface area (Å²) in [7, 11) is 0. The fraction of sp³-hybridized carbons (Fsp3) is 0.286. The zero-order valence-electron chi connectivity index (χ0n) is 15.6. The fourth-order valence-corrected chi connectivity index (χ4v) is 3.79. The van der Waals surface area contributed by atoms with Crippen LogP contribution < -0.4 is 10.2 Å². The number of para-hydroxylation sites is 2. The number of imidazole rings is 1. The van der Waals surface area contributed by atoms with Crippen molar-refractivity contribution in [2.75, 3.05) is 18.0 Å². The third kappa shape index (κ3) is 3.60. The molecule has 1 aromatic heterocycles. The van der Waals surface area contributed by atoms with Crippen molar-refractivity contribution < 1.29 is 9.59 Å². The van der Waals surface area contributed by atoms with E-state index in [1.54, 1.807) is 29.2 Å². The van der Waals surface area contributed by atoms with Gasteiger partial charge in [0.05, 0.1) is 17.0 Å². The van der Waals surface area contributed by atoms with E-state index in [9.17, 15) is 9.59 Å². The van der Waals surface area contributed by atoms with Gasteiger partial charge in [-0.25, -0.2) is 4.98 Å². The number of halogens is 1. The van der Waals surface area contributed by atoms with Crippen LogP contribution in [0.1, 0.15) is 12.2 Å². The number of amides is 2. The number of fused-ring (bicyclic) bond motifs is 1. The largest absolute Gasteiger partial charge is 0.354 e. The minimum Gasteiger partial charge on any atom is -0.354 e. The predicted octanol–water partition coefficient (Wildman–Crippen LogP) is 3.17. The first-order valence-corrected chi connectivity index (χ1v) is 9.66.